The van der Waals surface area contributed by atoms with Gasteiger partial charge in [-0.1, -0.05) is 25.1 Å². The third-order valence-corrected chi connectivity index (χ3v) is 5.92. The van der Waals surface area contributed by atoms with E-state index in [4.69, 9.17) is 0 Å². The van der Waals surface area contributed by atoms with E-state index >= 15 is 0 Å². The van der Waals surface area contributed by atoms with Crippen LogP contribution in [0.1, 0.15) is 35.9 Å². The quantitative estimate of drug-likeness (QED) is 0.844. The van der Waals surface area contributed by atoms with Crippen molar-refractivity contribution in [3.63, 3.8) is 0 Å². The van der Waals surface area contributed by atoms with Crippen molar-refractivity contribution in [2.75, 3.05) is 13.1 Å². The van der Waals surface area contributed by atoms with Crippen LogP contribution in [0.15, 0.2) is 41.3 Å². The molecule has 1 aliphatic rings. The highest BCUT2D eigenvalue weighted by Gasteiger charge is 2.28. The Kier molecular flexibility index (Phi) is 5.19. The molecule has 1 aliphatic heterocycles. The molecule has 2 N–H and O–H groups in total. The van der Waals surface area contributed by atoms with E-state index in [0.717, 1.165) is 12.1 Å². The molecule has 1 aromatic heterocycles. The number of aromatic nitrogens is 2. The van der Waals surface area contributed by atoms with E-state index in [0.29, 0.717) is 31.6 Å². The van der Waals surface area contributed by atoms with Crippen molar-refractivity contribution < 1.29 is 13.2 Å². The summed E-state index contributed by atoms with van der Waals surface area (Å²) in [7, 11) is -3.52. The largest absolute Gasteiger partial charge is 0.337 e. The van der Waals surface area contributed by atoms with Crippen LogP contribution < -0.4 is 4.72 Å². The molecule has 3 rings (SSSR count). The Balaban J connectivity index is 1.57. The van der Waals surface area contributed by atoms with Gasteiger partial charge >= 0.3 is 0 Å². The summed E-state index contributed by atoms with van der Waals surface area (Å²) in [5.41, 5.74) is 1.34. The zero-order chi connectivity index (χ0) is 17.9. The summed E-state index contributed by atoms with van der Waals surface area (Å²) in [6, 6.07) is 9.93. The molecule has 8 heteroatoms. The predicted molar refractivity (Wildman–Crippen MR) is 93.7 cm³/mol. The van der Waals surface area contributed by atoms with Crippen LogP contribution in [-0.4, -0.2) is 48.6 Å². The van der Waals surface area contributed by atoms with E-state index < -0.39 is 10.0 Å². The number of carbonyl (C=O) groups is 1. The number of piperidine rings is 1. The topological polar surface area (TPSA) is 95.2 Å². The second-order valence-corrected chi connectivity index (χ2v) is 7.85. The van der Waals surface area contributed by atoms with Gasteiger partial charge in [0.25, 0.3) is 5.91 Å². The van der Waals surface area contributed by atoms with Gasteiger partial charge < -0.3 is 4.90 Å². The lowest BCUT2D eigenvalue weighted by molar-refractivity contribution is 0.0705. The average Bonchev–Trinajstić information content (AvgIpc) is 3.11. The lowest BCUT2D eigenvalue weighted by Gasteiger charge is -2.31. The molecule has 0 radical (unpaired) electrons. The van der Waals surface area contributed by atoms with Gasteiger partial charge in [-0.25, -0.2) is 13.1 Å². The Morgan fingerprint density at radius 2 is 1.96 bits per heavy atom. The van der Waals surface area contributed by atoms with Gasteiger partial charge in [0.15, 0.2) is 0 Å². The minimum Gasteiger partial charge on any atom is -0.337 e. The number of nitrogens with zero attached hydrogens (tertiary/aromatic N) is 2. The van der Waals surface area contributed by atoms with E-state index in [-0.39, 0.29) is 16.8 Å². The number of amides is 1. The lowest BCUT2D eigenvalue weighted by atomic mass is 10.1. The van der Waals surface area contributed by atoms with E-state index in [2.05, 4.69) is 14.9 Å². The highest BCUT2D eigenvalue weighted by Crippen LogP contribution is 2.16. The van der Waals surface area contributed by atoms with E-state index in [9.17, 15) is 13.2 Å². The number of sulfonamides is 1. The van der Waals surface area contributed by atoms with Gasteiger partial charge in [0.1, 0.15) is 5.69 Å². The number of benzene rings is 1. The first-order chi connectivity index (χ1) is 12.0. The molecule has 1 aromatic carbocycles. The Bertz CT molecular complexity index is 825. The molecule has 25 heavy (non-hydrogen) atoms. The standard InChI is InChI=1S/C17H22N4O3S/c1-2-13-12-16(19-18-13)17(22)21-10-8-14(9-11-21)20-25(23,24)15-6-4-3-5-7-15/h3-7,12,14,20H,2,8-11H2,1H3,(H,18,19). The Hall–Kier alpha value is -2.19. The second kappa shape index (κ2) is 7.37. The maximum Gasteiger partial charge on any atom is 0.274 e. The summed E-state index contributed by atoms with van der Waals surface area (Å²) in [5.74, 6) is -0.111. The molecular formula is C17H22N4O3S. The first kappa shape index (κ1) is 17.6. The van der Waals surface area contributed by atoms with Crippen LogP contribution in [0.2, 0.25) is 0 Å². The molecule has 0 spiro atoms. The first-order valence-corrected chi connectivity index (χ1v) is 9.89. The van der Waals surface area contributed by atoms with Crippen molar-refractivity contribution >= 4 is 15.9 Å². The minimum absolute atomic E-state index is 0.111. The predicted octanol–water partition coefficient (Wildman–Crippen LogP) is 1.56. The number of H-pyrrole nitrogens is 1. The van der Waals surface area contributed by atoms with Crippen molar-refractivity contribution in [3.8, 4) is 0 Å². The number of aromatic amines is 1. The molecule has 7 nitrogen and oxygen atoms in total. The van der Waals surface area contributed by atoms with Gasteiger partial charge in [-0.05, 0) is 37.5 Å². The molecule has 0 unspecified atom stereocenters. The molecule has 1 amide bonds. The fourth-order valence-electron chi connectivity index (χ4n) is 2.90. The van der Waals surface area contributed by atoms with E-state index in [1.165, 1.54) is 0 Å². The highest BCUT2D eigenvalue weighted by atomic mass is 32.2. The van der Waals surface area contributed by atoms with Crippen LogP contribution in [0.4, 0.5) is 0 Å². The molecule has 0 atom stereocenters. The van der Waals surface area contributed by atoms with Gasteiger partial charge in [-0.15, -0.1) is 0 Å². The lowest BCUT2D eigenvalue weighted by Crippen LogP contribution is -2.46. The van der Waals surface area contributed by atoms with Crippen molar-refractivity contribution in [2.45, 2.75) is 37.1 Å². The molecule has 2 heterocycles. The van der Waals surface area contributed by atoms with Crippen LogP contribution in [-0.2, 0) is 16.4 Å². The summed E-state index contributed by atoms with van der Waals surface area (Å²) in [4.78, 5) is 14.4. The fourth-order valence-corrected chi connectivity index (χ4v) is 4.23. The molecule has 0 bridgehead atoms. The summed E-state index contributed by atoms with van der Waals surface area (Å²) >= 11 is 0. The Labute approximate surface area is 147 Å². The van der Waals surface area contributed by atoms with E-state index in [1.54, 1.807) is 41.3 Å². The third kappa shape index (κ3) is 4.08. The monoisotopic (exact) mass is 362 g/mol. The summed E-state index contributed by atoms with van der Waals surface area (Å²) in [6.45, 7) is 3.01. The molecule has 1 saturated heterocycles. The number of nitrogens with one attached hydrogen (secondary N) is 2. The van der Waals surface area contributed by atoms with E-state index in [1.807, 2.05) is 6.92 Å². The normalized spacial score (nSPS) is 16.1. The van der Waals surface area contributed by atoms with Crippen LogP contribution in [0.3, 0.4) is 0 Å². The second-order valence-electron chi connectivity index (χ2n) is 6.13. The Morgan fingerprint density at radius 1 is 1.28 bits per heavy atom. The summed E-state index contributed by atoms with van der Waals surface area (Å²) in [5, 5.41) is 6.90. The summed E-state index contributed by atoms with van der Waals surface area (Å²) < 4.78 is 27.5. The highest BCUT2D eigenvalue weighted by molar-refractivity contribution is 7.89. The smallest absolute Gasteiger partial charge is 0.274 e. The summed E-state index contributed by atoms with van der Waals surface area (Å²) in [6.07, 6.45) is 1.97. The number of hydrogen-bond acceptors (Lipinski definition) is 4. The van der Waals surface area contributed by atoms with Crippen LogP contribution in [0.5, 0.6) is 0 Å². The van der Waals surface area contributed by atoms with Crippen molar-refractivity contribution in [3.05, 3.63) is 47.8 Å². The molecule has 0 saturated carbocycles. The van der Waals surface area contributed by atoms with Gasteiger partial charge in [0.2, 0.25) is 10.0 Å². The minimum atomic E-state index is -3.52. The number of hydrogen-bond donors (Lipinski definition) is 2. The number of carbonyl (C=O) groups excluding carboxylic acids is 1. The fraction of sp³-hybridized carbons (Fsp3) is 0.412. The third-order valence-electron chi connectivity index (χ3n) is 4.39. The molecular weight excluding hydrogens is 340 g/mol. The zero-order valence-corrected chi connectivity index (χ0v) is 14.9. The van der Waals surface area contributed by atoms with Crippen molar-refractivity contribution in [1.29, 1.82) is 0 Å². The van der Waals surface area contributed by atoms with Gasteiger partial charge in [-0.3, -0.25) is 9.89 Å². The van der Waals surface area contributed by atoms with Gasteiger partial charge in [-0.2, -0.15) is 5.10 Å². The molecule has 1 fully saturated rings. The Morgan fingerprint density at radius 3 is 2.56 bits per heavy atom. The first-order valence-electron chi connectivity index (χ1n) is 8.40. The number of likely N-dealkylation sites (tertiary alicyclic amines) is 1. The van der Waals surface area contributed by atoms with Crippen LogP contribution in [0.25, 0.3) is 0 Å². The SMILES string of the molecule is CCc1cc(C(=O)N2CCC(NS(=O)(=O)c3ccccc3)CC2)n[nH]1. The molecule has 134 valence electrons. The zero-order valence-electron chi connectivity index (χ0n) is 14.1. The van der Waals surface area contributed by atoms with Crippen LogP contribution >= 0.6 is 0 Å². The van der Waals surface area contributed by atoms with Crippen LogP contribution in [0, 0.1) is 0 Å². The van der Waals surface area contributed by atoms with Gasteiger partial charge in [0, 0.05) is 24.8 Å². The molecule has 0 aliphatic carbocycles. The maximum atomic E-state index is 12.4. The number of rotatable bonds is 5. The van der Waals surface area contributed by atoms with Crippen molar-refractivity contribution in [1.82, 2.24) is 19.8 Å². The maximum absolute atomic E-state index is 12.4. The average molecular weight is 362 g/mol. The van der Waals surface area contributed by atoms with Gasteiger partial charge in [0.05, 0.1) is 4.90 Å². The number of aryl methyl sites for hydroxylation is 1. The molecule has 2 aromatic rings. The van der Waals surface area contributed by atoms with Crippen molar-refractivity contribution in [2.24, 2.45) is 0 Å².